The second-order valence-electron chi connectivity index (χ2n) is 9.38. The average molecular weight is 501 g/mol. The molecule has 2 aromatic carbocycles. The molecule has 5 rings (SSSR count). The van der Waals surface area contributed by atoms with Crippen LogP contribution in [0.1, 0.15) is 60.1 Å². The highest BCUT2D eigenvalue weighted by atomic mass is 35.5. The molecule has 0 saturated carbocycles. The van der Waals surface area contributed by atoms with Gasteiger partial charge in [0.25, 0.3) is 0 Å². The lowest BCUT2D eigenvalue weighted by Gasteiger charge is -2.28. The van der Waals surface area contributed by atoms with E-state index < -0.39 is 0 Å². The van der Waals surface area contributed by atoms with Gasteiger partial charge < -0.3 is 14.8 Å². The first-order chi connectivity index (χ1) is 16.8. The number of nitrogens with zero attached hydrogens (tertiary/aromatic N) is 3. The lowest BCUT2D eigenvalue weighted by Crippen LogP contribution is -2.29. The maximum absolute atomic E-state index is 6.16. The first-order valence-corrected chi connectivity index (χ1v) is 12.7. The van der Waals surface area contributed by atoms with Gasteiger partial charge in [0.2, 0.25) is 0 Å². The van der Waals surface area contributed by atoms with Gasteiger partial charge in [0.15, 0.2) is 5.11 Å². The summed E-state index contributed by atoms with van der Waals surface area (Å²) in [5.41, 5.74) is 7.99. The molecule has 0 aliphatic carbocycles. The van der Waals surface area contributed by atoms with Crippen molar-refractivity contribution in [3.05, 3.63) is 112 Å². The van der Waals surface area contributed by atoms with E-state index in [1.54, 1.807) is 0 Å². The first kappa shape index (κ1) is 23.6. The number of aromatic nitrogens is 2. The molecule has 1 aliphatic heterocycles. The lowest BCUT2D eigenvalue weighted by molar-refractivity contribution is 0.565. The monoisotopic (exact) mass is 500 g/mol. The number of hydrogen-bond acceptors (Lipinski definition) is 2. The molecule has 1 N–H and O–H groups in total. The molecule has 2 atom stereocenters. The van der Waals surface area contributed by atoms with E-state index in [1.165, 1.54) is 16.8 Å². The zero-order chi connectivity index (χ0) is 24.7. The van der Waals surface area contributed by atoms with Gasteiger partial charge in [-0.1, -0.05) is 43.6 Å². The van der Waals surface area contributed by atoms with Crippen molar-refractivity contribution in [1.82, 2.24) is 14.9 Å². The van der Waals surface area contributed by atoms with Gasteiger partial charge >= 0.3 is 0 Å². The third-order valence-electron chi connectivity index (χ3n) is 6.81. The molecule has 0 bridgehead atoms. The van der Waals surface area contributed by atoms with Gasteiger partial charge in [0.1, 0.15) is 0 Å². The van der Waals surface area contributed by atoms with Crippen LogP contribution in [0.2, 0.25) is 5.02 Å². The Labute approximate surface area is 217 Å². The predicted octanol–water partition coefficient (Wildman–Crippen LogP) is 7.44. The van der Waals surface area contributed by atoms with Crippen LogP contribution in [0.4, 0.5) is 5.69 Å². The first-order valence-electron chi connectivity index (χ1n) is 11.9. The van der Waals surface area contributed by atoms with Crippen LogP contribution in [0.25, 0.3) is 5.69 Å². The molecule has 4 aromatic rings. The summed E-state index contributed by atoms with van der Waals surface area (Å²) in [5.74, 6) is 0.475. The van der Waals surface area contributed by atoms with Crippen LogP contribution in [0.5, 0.6) is 0 Å². The number of rotatable bonds is 5. The van der Waals surface area contributed by atoms with E-state index >= 15 is 0 Å². The minimum absolute atomic E-state index is 0.0467. The molecular formula is C29H29ClN4S. The smallest absolute Gasteiger partial charge is 0.174 e. The Hall–Kier alpha value is -3.15. The molecule has 178 valence electrons. The molecule has 0 radical (unpaired) electrons. The van der Waals surface area contributed by atoms with Crippen molar-refractivity contribution in [3.8, 4) is 5.69 Å². The molecule has 6 heteroatoms. The van der Waals surface area contributed by atoms with Crippen molar-refractivity contribution in [3.63, 3.8) is 0 Å². The molecule has 0 spiro atoms. The van der Waals surface area contributed by atoms with E-state index in [-0.39, 0.29) is 12.1 Å². The third-order valence-corrected chi connectivity index (χ3v) is 7.38. The zero-order valence-corrected chi connectivity index (χ0v) is 21.9. The Morgan fingerprint density at radius 1 is 0.943 bits per heavy atom. The van der Waals surface area contributed by atoms with Crippen LogP contribution in [-0.4, -0.2) is 14.7 Å². The van der Waals surface area contributed by atoms with Gasteiger partial charge in [0.05, 0.1) is 17.8 Å². The maximum Gasteiger partial charge on any atom is 0.174 e. The van der Waals surface area contributed by atoms with Crippen LogP contribution in [0.15, 0.2) is 79.0 Å². The van der Waals surface area contributed by atoms with Gasteiger partial charge in [-0.2, -0.15) is 0 Å². The fourth-order valence-electron chi connectivity index (χ4n) is 5.04. The fourth-order valence-corrected chi connectivity index (χ4v) is 5.52. The standard InChI is InChI=1S/C29H29ClN4S/c1-18(2)21-8-12-24(13-9-21)34-28(27(32-29(34)35)26-7-5-6-16-31-26)25-17-19(3)33(20(25)4)23-14-10-22(30)11-15-23/h5-18,27-28H,1-4H3,(H,32,35)/t27-,28-/m1/s1. The molecule has 35 heavy (non-hydrogen) atoms. The van der Waals surface area contributed by atoms with Crippen molar-refractivity contribution >= 4 is 34.6 Å². The van der Waals surface area contributed by atoms with Gasteiger partial charge in [-0.25, -0.2) is 0 Å². The summed E-state index contributed by atoms with van der Waals surface area (Å²) in [6.07, 6.45) is 1.84. The number of anilines is 1. The van der Waals surface area contributed by atoms with Crippen molar-refractivity contribution in [1.29, 1.82) is 0 Å². The lowest BCUT2D eigenvalue weighted by atomic mass is 9.96. The molecule has 0 unspecified atom stereocenters. The highest BCUT2D eigenvalue weighted by molar-refractivity contribution is 7.80. The Morgan fingerprint density at radius 2 is 1.63 bits per heavy atom. The molecule has 2 aromatic heterocycles. The molecule has 0 amide bonds. The Balaban J connectivity index is 1.65. The van der Waals surface area contributed by atoms with Crippen LogP contribution in [0, 0.1) is 13.8 Å². The number of aryl methyl sites for hydroxylation is 1. The molecule has 4 nitrogen and oxygen atoms in total. The van der Waals surface area contributed by atoms with Crippen LogP contribution in [-0.2, 0) is 0 Å². The summed E-state index contributed by atoms with van der Waals surface area (Å²) in [7, 11) is 0. The van der Waals surface area contributed by atoms with Crippen LogP contribution >= 0.6 is 23.8 Å². The summed E-state index contributed by atoms with van der Waals surface area (Å²) in [6.45, 7) is 8.74. The number of pyridine rings is 1. The van der Waals surface area contributed by atoms with Crippen LogP contribution in [0.3, 0.4) is 0 Å². The van der Waals surface area contributed by atoms with Gasteiger partial charge in [0, 0.05) is 34.0 Å². The average Bonchev–Trinajstić information content (AvgIpc) is 3.35. The molecule has 1 saturated heterocycles. The van der Waals surface area contributed by atoms with E-state index in [4.69, 9.17) is 28.8 Å². The number of thiocarbonyl (C=S) groups is 1. The maximum atomic E-state index is 6.16. The Morgan fingerprint density at radius 3 is 2.26 bits per heavy atom. The number of benzene rings is 2. The minimum atomic E-state index is -0.0763. The number of hydrogen-bond donors (Lipinski definition) is 1. The van der Waals surface area contributed by atoms with E-state index in [9.17, 15) is 0 Å². The summed E-state index contributed by atoms with van der Waals surface area (Å²) in [4.78, 5) is 6.94. The topological polar surface area (TPSA) is 33.1 Å². The number of nitrogens with one attached hydrogen (secondary N) is 1. The van der Waals surface area contributed by atoms with Crippen molar-refractivity contribution in [2.24, 2.45) is 0 Å². The van der Waals surface area contributed by atoms with Gasteiger partial charge in [-0.15, -0.1) is 0 Å². The van der Waals surface area contributed by atoms with E-state index in [0.717, 1.165) is 27.8 Å². The fraction of sp³-hybridized carbons (Fsp3) is 0.241. The third kappa shape index (κ3) is 4.35. The predicted molar refractivity (Wildman–Crippen MR) is 149 cm³/mol. The highest BCUT2D eigenvalue weighted by Gasteiger charge is 2.42. The molecule has 3 heterocycles. The summed E-state index contributed by atoms with van der Waals surface area (Å²) in [5, 5.41) is 5.01. The van der Waals surface area contributed by atoms with Crippen molar-refractivity contribution < 1.29 is 0 Å². The van der Waals surface area contributed by atoms with Gasteiger partial charge in [-0.3, -0.25) is 4.98 Å². The summed E-state index contributed by atoms with van der Waals surface area (Å²) in [6, 6.07) is 24.9. The van der Waals surface area contributed by atoms with Gasteiger partial charge in [-0.05, 0) is 97.7 Å². The minimum Gasteiger partial charge on any atom is -0.351 e. The largest absolute Gasteiger partial charge is 0.351 e. The van der Waals surface area contributed by atoms with E-state index in [0.29, 0.717) is 11.0 Å². The second-order valence-corrected chi connectivity index (χ2v) is 10.2. The van der Waals surface area contributed by atoms with Crippen LogP contribution < -0.4 is 10.2 Å². The second kappa shape index (κ2) is 9.48. The molecular weight excluding hydrogens is 472 g/mol. The van der Waals surface area contributed by atoms with E-state index in [2.05, 4.69) is 91.0 Å². The quantitative estimate of drug-likeness (QED) is 0.288. The van der Waals surface area contributed by atoms with E-state index in [1.807, 2.05) is 30.5 Å². The number of halogens is 1. The molecule has 1 fully saturated rings. The normalized spacial score (nSPS) is 17.8. The summed E-state index contributed by atoms with van der Waals surface area (Å²) >= 11 is 12.1. The van der Waals surface area contributed by atoms with Crippen molar-refractivity contribution in [2.45, 2.75) is 45.7 Å². The van der Waals surface area contributed by atoms with Crippen molar-refractivity contribution in [2.75, 3.05) is 4.90 Å². The molecule has 1 aliphatic rings. The zero-order valence-electron chi connectivity index (χ0n) is 20.4. The summed E-state index contributed by atoms with van der Waals surface area (Å²) < 4.78 is 2.28. The SMILES string of the molecule is Cc1cc([C@@H]2[C@@H](c3ccccn3)NC(=S)N2c2ccc(C(C)C)cc2)c(C)n1-c1ccc(Cl)cc1. The Kier molecular flexibility index (Phi) is 6.39. The highest BCUT2D eigenvalue weighted by Crippen LogP contribution is 2.44. The Bertz CT molecular complexity index is 1340.